The number of benzene rings is 1. The van der Waals surface area contributed by atoms with Crippen LogP contribution in [0.3, 0.4) is 0 Å². The standard InChI is InChI=1S/C17H16BrN5/c1-12-10-14(2-3-15(12)18)22-17-20-9-6-16(23-17)21-11-13-4-7-19-8-5-13/h2-10H,11H2,1H3,(H2,20,21,22,23). The Hall–Kier alpha value is -2.47. The zero-order valence-electron chi connectivity index (χ0n) is 12.6. The first-order valence-electron chi connectivity index (χ1n) is 7.20. The third-order valence-corrected chi connectivity index (χ3v) is 4.18. The van der Waals surface area contributed by atoms with Crippen molar-refractivity contribution in [1.29, 1.82) is 0 Å². The SMILES string of the molecule is Cc1cc(Nc2nccc(NCc3ccncc3)n2)ccc1Br. The van der Waals surface area contributed by atoms with Gasteiger partial charge in [-0.05, 0) is 54.4 Å². The van der Waals surface area contributed by atoms with Crippen molar-refractivity contribution < 1.29 is 0 Å². The van der Waals surface area contributed by atoms with Gasteiger partial charge in [0.05, 0.1) is 0 Å². The van der Waals surface area contributed by atoms with Gasteiger partial charge in [-0.1, -0.05) is 15.9 Å². The molecule has 0 fully saturated rings. The molecule has 0 aliphatic rings. The Kier molecular flexibility index (Phi) is 4.83. The molecule has 0 spiro atoms. The summed E-state index contributed by atoms with van der Waals surface area (Å²) in [6.45, 7) is 2.74. The van der Waals surface area contributed by atoms with Crippen LogP contribution in [0.1, 0.15) is 11.1 Å². The number of halogens is 1. The molecule has 3 rings (SSSR count). The van der Waals surface area contributed by atoms with Gasteiger partial charge in [0, 0.05) is 35.3 Å². The molecule has 3 aromatic rings. The third-order valence-electron chi connectivity index (χ3n) is 3.29. The fraction of sp³-hybridized carbons (Fsp3) is 0.118. The van der Waals surface area contributed by atoms with E-state index in [4.69, 9.17) is 0 Å². The van der Waals surface area contributed by atoms with Crippen LogP contribution in [0.4, 0.5) is 17.5 Å². The number of hydrogen-bond donors (Lipinski definition) is 2. The van der Waals surface area contributed by atoms with E-state index in [2.05, 4.69) is 41.5 Å². The van der Waals surface area contributed by atoms with Crippen LogP contribution >= 0.6 is 15.9 Å². The molecular formula is C17H16BrN5. The molecule has 0 amide bonds. The molecule has 0 bridgehead atoms. The molecule has 0 unspecified atom stereocenters. The molecule has 2 N–H and O–H groups in total. The van der Waals surface area contributed by atoms with Gasteiger partial charge >= 0.3 is 0 Å². The molecular weight excluding hydrogens is 354 g/mol. The van der Waals surface area contributed by atoms with Crippen LogP contribution in [0.2, 0.25) is 0 Å². The largest absolute Gasteiger partial charge is 0.366 e. The van der Waals surface area contributed by atoms with E-state index in [-0.39, 0.29) is 0 Å². The van der Waals surface area contributed by atoms with Crippen LogP contribution in [-0.2, 0) is 6.54 Å². The van der Waals surface area contributed by atoms with E-state index in [1.54, 1.807) is 18.6 Å². The highest BCUT2D eigenvalue weighted by molar-refractivity contribution is 9.10. The number of rotatable bonds is 5. The lowest BCUT2D eigenvalue weighted by atomic mass is 10.2. The Morgan fingerprint density at radius 2 is 1.87 bits per heavy atom. The van der Waals surface area contributed by atoms with Gasteiger partial charge in [-0.25, -0.2) is 4.98 Å². The quantitative estimate of drug-likeness (QED) is 0.701. The van der Waals surface area contributed by atoms with Crippen LogP contribution < -0.4 is 10.6 Å². The van der Waals surface area contributed by atoms with E-state index in [1.807, 2.05) is 43.3 Å². The van der Waals surface area contributed by atoms with Crippen molar-refractivity contribution in [2.24, 2.45) is 0 Å². The van der Waals surface area contributed by atoms with Crippen molar-refractivity contribution >= 4 is 33.4 Å². The maximum Gasteiger partial charge on any atom is 0.229 e. The minimum absolute atomic E-state index is 0.562. The number of aryl methyl sites for hydroxylation is 1. The Labute approximate surface area is 143 Å². The van der Waals surface area contributed by atoms with Gasteiger partial charge in [0.15, 0.2) is 0 Å². The number of nitrogens with one attached hydrogen (secondary N) is 2. The van der Waals surface area contributed by atoms with Crippen LogP contribution in [0, 0.1) is 6.92 Å². The smallest absolute Gasteiger partial charge is 0.229 e. The van der Waals surface area contributed by atoms with Crippen molar-refractivity contribution in [1.82, 2.24) is 15.0 Å². The molecule has 1 aromatic carbocycles. The normalized spacial score (nSPS) is 10.3. The van der Waals surface area contributed by atoms with E-state index < -0.39 is 0 Å². The first-order valence-corrected chi connectivity index (χ1v) is 7.99. The second-order valence-electron chi connectivity index (χ2n) is 5.06. The molecule has 0 saturated heterocycles. The van der Waals surface area contributed by atoms with Crippen LogP contribution in [0.25, 0.3) is 0 Å². The topological polar surface area (TPSA) is 62.7 Å². The average molecular weight is 370 g/mol. The summed E-state index contributed by atoms with van der Waals surface area (Å²) in [4.78, 5) is 12.7. The Balaban J connectivity index is 1.68. The first-order chi connectivity index (χ1) is 11.2. The number of anilines is 3. The maximum absolute atomic E-state index is 4.47. The van der Waals surface area contributed by atoms with Gasteiger partial charge in [0.25, 0.3) is 0 Å². The number of aromatic nitrogens is 3. The minimum Gasteiger partial charge on any atom is -0.366 e. The summed E-state index contributed by atoms with van der Waals surface area (Å²) in [6.07, 6.45) is 5.29. The summed E-state index contributed by atoms with van der Waals surface area (Å²) in [6, 6.07) is 11.8. The molecule has 0 aliphatic carbocycles. The molecule has 0 atom stereocenters. The molecule has 0 saturated carbocycles. The summed E-state index contributed by atoms with van der Waals surface area (Å²) >= 11 is 3.50. The fourth-order valence-electron chi connectivity index (χ4n) is 2.06. The van der Waals surface area contributed by atoms with Gasteiger partial charge in [0.2, 0.25) is 5.95 Å². The van der Waals surface area contributed by atoms with Crippen LogP contribution in [0.15, 0.2) is 59.5 Å². The van der Waals surface area contributed by atoms with Crippen molar-refractivity contribution in [2.75, 3.05) is 10.6 Å². The second kappa shape index (κ2) is 7.19. The molecule has 116 valence electrons. The highest BCUT2D eigenvalue weighted by Gasteiger charge is 2.02. The number of hydrogen-bond acceptors (Lipinski definition) is 5. The molecule has 0 radical (unpaired) electrons. The van der Waals surface area contributed by atoms with Crippen molar-refractivity contribution in [3.8, 4) is 0 Å². The summed E-state index contributed by atoms with van der Waals surface area (Å²) in [5, 5.41) is 6.50. The molecule has 2 aromatic heterocycles. The van der Waals surface area contributed by atoms with Gasteiger partial charge < -0.3 is 10.6 Å². The lowest BCUT2D eigenvalue weighted by molar-refractivity contribution is 1.07. The third kappa shape index (κ3) is 4.26. The van der Waals surface area contributed by atoms with E-state index in [9.17, 15) is 0 Å². The number of pyridine rings is 1. The maximum atomic E-state index is 4.47. The highest BCUT2D eigenvalue weighted by atomic mass is 79.9. The summed E-state index contributed by atoms with van der Waals surface area (Å²) in [5.41, 5.74) is 3.26. The van der Waals surface area contributed by atoms with E-state index in [0.717, 1.165) is 27.1 Å². The van der Waals surface area contributed by atoms with Gasteiger partial charge in [-0.3, -0.25) is 4.98 Å². The monoisotopic (exact) mass is 369 g/mol. The van der Waals surface area contributed by atoms with Gasteiger partial charge in [-0.2, -0.15) is 4.98 Å². The van der Waals surface area contributed by atoms with E-state index in [1.165, 1.54) is 0 Å². The summed E-state index contributed by atoms with van der Waals surface area (Å²) < 4.78 is 1.08. The summed E-state index contributed by atoms with van der Waals surface area (Å²) in [7, 11) is 0. The van der Waals surface area contributed by atoms with Gasteiger partial charge in [0.1, 0.15) is 5.82 Å². The zero-order chi connectivity index (χ0) is 16.1. The minimum atomic E-state index is 0.562. The van der Waals surface area contributed by atoms with Crippen LogP contribution in [0.5, 0.6) is 0 Å². The van der Waals surface area contributed by atoms with Crippen molar-refractivity contribution in [2.45, 2.75) is 13.5 Å². The predicted molar refractivity (Wildman–Crippen MR) is 95.8 cm³/mol. The van der Waals surface area contributed by atoms with Crippen LogP contribution in [-0.4, -0.2) is 15.0 Å². The Morgan fingerprint density at radius 3 is 2.65 bits per heavy atom. The second-order valence-corrected chi connectivity index (χ2v) is 5.92. The number of nitrogens with zero attached hydrogens (tertiary/aromatic N) is 3. The lowest BCUT2D eigenvalue weighted by Crippen LogP contribution is -2.04. The Bertz CT molecular complexity index is 792. The molecule has 5 nitrogen and oxygen atoms in total. The van der Waals surface area contributed by atoms with Crippen molar-refractivity contribution in [3.63, 3.8) is 0 Å². The van der Waals surface area contributed by atoms with Gasteiger partial charge in [-0.15, -0.1) is 0 Å². The van der Waals surface area contributed by atoms with Crippen molar-refractivity contribution in [3.05, 3.63) is 70.6 Å². The van der Waals surface area contributed by atoms with E-state index in [0.29, 0.717) is 12.5 Å². The van der Waals surface area contributed by atoms with E-state index >= 15 is 0 Å². The fourth-order valence-corrected chi connectivity index (χ4v) is 2.31. The first kappa shape index (κ1) is 15.4. The molecule has 0 aliphatic heterocycles. The molecule has 6 heteroatoms. The highest BCUT2D eigenvalue weighted by Crippen LogP contribution is 2.22. The molecule has 23 heavy (non-hydrogen) atoms. The molecule has 2 heterocycles. The lowest BCUT2D eigenvalue weighted by Gasteiger charge is -2.09. The average Bonchev–Trinajstić information content (AvgIpc) is 2.58. The predicted octanol–water partition coefficient (Wildman–Crippen LogP) is 4.30. The summed E-state index contributed by atoms with van der Waals surface area (Å²) in [5.74, 6) is 1.33. The zero-order valence-corrected chi connectivity index (χ0v) is 14.2. The Morgan fingerprint density at radius 1 is 1.04 bits per heavy atom.